The molecule has 0 saturated heterocycles. The van der Waals surface area contributed by atoms with E-state index < -0.39 is 6.04 Å². The zero-order valence-corrected chi connectivity index (χ0v) is 22.0. The Morgan fingerprint density at radius 3 is 2.31 bits per heavy atom. The van der Waals surface area contributed by atoms with Crippen LogP contribution in [0.15, 0.2) is 40.9 Å². The van der Waals surface area contributed by atoms with Gasteiger partial charge in [0.05, 0.1) is 4.47 Å². The van der Waals surface area contributed by atoms with Crippen LogP contribution in [-0.4, -0.2) is 35.4 Å². The summed E-state index contributed by atoms with van der Waals surface area (Å²) in [4.78, 5) is 27.7. The molecule has 0 aliphatic heterocycles. The van der Waals surface area contributed by atoms with Crippen molar-refractivity contribution >= 4 is 62.5 Å². The van der Waals surface area contributed by atoms with E-state index in [1.807, 2.05) is 20.8 Å². The minimum atomic E-state index is -0.707. The molecular weight excluding hydrogens is 539 g/mol. The number of carbonyl (C=O) groups excluding carboxylic acids is 2. The van der Waals surface area contributed by atoms with E-state index in [0.29, 0.717) is 37.3 Å². The first-order chi connectivity index (χ1) is 15.2. The Balaban J connectivity index is 2.30. The van der Waals surface area contributed by atoms with Gasteiger partial charge in [0.1, 0.15) is 11.8 Å². The highest BCUT2D eigenvalue weighted by atomic mass is 79.9. The Morgan fingerprint density at radius 2 is 1.75 bits per heavy atom. The lowest BCUT2D eigenvalue weighted by molar-refractivity contribution is -0.143. The minimum Gasteiger partial charge on any atom is -0.483 e. The average molecular weight is 565 g/mol. The SMILES string of the molecule is CC[C@H](C(=O)N[C@@H](C)CC)N(Cc1c(Cl)cccc1Cl)C(=O)COc1ccc(Cl)cc1Br. The van der Waals surface area contributed by atoms with Crippen LogP contribution >= 0.6 is 50.7 Å². The molecule has 0 fully saturated rings. The Labute approximate surface area is 212 Å². The van der Waals surface area contributed by atoms with Crippen molar-refractivity contribution in [2.45, 2.75) is 52.2 Å². The van der Waals surface area contributed by atoms with E-state index in [2.05, 4.69) is 21.2 Å². The topological polar surface area (TPSA) is 58.6 Å². The minimum absolute atomic E-state index is 0.0151. The summed E-state index contributed by atoms with van der Waals surface area (Å²) in [7, 11) is 0. The highest BCUT2D eigenvalue weighted by Gasteiger charge is 2.30. The van der Waals surface area contributed by atoms with Crippen LogP contribution in [0.1, 0.15) is 39.2 Å². The Morgan fingerprint density at radius 1 is 1.09 bits per heavy atom. The molecule has 9 heteroatoms. The van der Waals surface area contributed by atoms with Crippen molar-refractivity contribution in [3.05, 3.63) is 61.5 Å². The van der Waals surface area contributed by atoms with Crippen molar-refractivity contribution in [1.82, 2.24) is 10.2 Å². The van der Waals surface area contributed by atoms with Gasteiger partial charge in [0.25, 0.3) is 5.91 Å². The fourth-order valence-electron chi connectivity index (χ4n) is 3.03. The molecule has 0 bridgehead atoms. The van der Waals surface area contributed by atoms with E-state index >= 15 is 0 Å². The van der Waals surface area contributed by atoms with Gasteiger partial charge in [0, 0.05) is 33.2 Å². The molecule has 0 aromatic heterocycles. The lowest BCUT2D eigenvalue weighted by atomic mass is 10.1. The van der Waals surface area contributed by atoms with Crippen molar-refractivity contribution in [1.29, 1.82) is 0 Å². The van der Waals surface area contributed by atoms with Crippen molar-refractivity contribution in [2.24, 2.45) is 0 Å². The van der Waals surface area contributed by atoms with Gasteiger partial charge in [-0.3, -0.25) is 9.59 Å². The van der Waals surface area contributed by atoms with E-state index in [0.717, 1.165) is 6.42 Å². The van der Waals surface area contributed by atoms with Crippen molar-refractivity contribution in [2.75, 3.05) is 6.61 Å². The van der Waals surface area contributed by atoms with E-state index in [9.17, 15) is 9.59 Å². The molecule has 174 valence electrons. The first-order valence-electron chi connectivity index (χ1n) is 10.3. The van der Waals surface area contributed by atoms with Gasteiger partial charge in [0.15, 0.2) is 6.61 Å². The number of hydrogen-bond donors (Lipinski definition) is 1. The van der Waals surface area contributed by atoms with E-state index in [1.165, 1.54) is 4.90 Å². The fraction of sp³-hybridized carbons (Fsp3) is 0.391. The summed E-state index contributed by atoms with van der Waals surface area (Å²) in [6.07, 6.45) is 1.20. The standard InChI is InChI=1S/C23H26BrCl3N2O3/c1-4-14(3)28-23(31)20(5-2)29(12-16-18(26)7-6-8-19(16)27)22(30)13-32-21-10-9-15(25)11-17(21)24/h6-11,14,20H,4-5,12-13H2,1-3H3,(H,28,31)/t14-,20+/m0/s1. The Kier molecular flexibility index (Phi) is 10.6. The van der Waals surface area contributed by atoms with Gasteiger partial charge in [-0.05, 0) is 66.0 Å². The monoisotopic (exact) mass is 562 g/mol. The lowest BCUT2D eigenvalue weighted by Gasteiger charge is -2.32. The molecule has 2 aromatic rings. The van der Waals surface area contributed by atoms with Crippen LogP contribution in [0.2, 0.25) is 15.1 Å². The zero-order chi connectivity index (χ0) is 23.8. The van der Waals surface area contributed by atoms with Gasteiger partial charge >= 0.3 is 0 Å². The van der Waals surface area contributed by atoms with Gasteiger partial charge in [-0.25, -0.2) is 0 Å². The molecule has 0 aliphatic carbocycles. The predicted molar refractivity (Wildman–Crippen MR) is 134 cm³/mol. The number of carbonyl (C=O) groups is 2. The number of hydrogen-bond acceptors (Lipinski definition) is 3. The lowest BCUT2D eigenvalue weighted by Crippen LogP contribution is -2.51. The zero-order valence-electron chi connectivity index (χ0n) is 18.1. The largest absolute Gasteiger partial charge is 0.483 e. The third kappa shape index (κ3) is 7.27. The maximum absolute atomic E-state index is 13.3. The van der Waals surface area contributed by atoms with Crippen LogP contribution in [0, 0.1) is 0 Å². The van der Waals surface area contributed by atoms with Gasteiger partial charge in [-0.2, -0.15) is 0 Å². The summed E-state index contributed by atoms with van der Waals surface area (Å²) in [6, 6.07) is 9.43. The van der Waals surface area contributed by atoms with Gasteiger partial charge < -0.3 is 15.0 Å². The number of rotatable bonds is 10. The van der Waals surface area contributed by atoms with Gasteiger partial charge in [0.2, 0.25) is 5.91 Å². The second-order valence-electron chi connectivity index (χ2n) is 7.33. The van der Waals surface area contributed by atoms with Gasteiger partial charge in [-0.15, -0.1) is 0 Å². The molecule has 2 rings (SSSR count). The Bertz CT molecular complexity index is 938. The average Bonchev–Trinajstić information content (AvgIpc) is 2.74. The fourth-order valence-corrected chi connectivity index (χ4v) is 4.34. The molecule has 0 aliphatic rings. The number of halogens is 4. The number of benzene rings is 2. The molecule has 0 radical (unpaired) electrons. The maximum Gasteiger partial charge on any atom is 0.261 e. The van der Waals surface area contributed by atoms with Crippen LogP contribution < -0.4 is 10.1 Å². The molecule has 2 amide bonds. The summed E-state index contributed by atoms with van der Waals surface area (Å²) in [5.41, 5.74) is 0.576. The van der Waals surface area contributed by atoms with Crippen LogP contribution in [-0.2, 0) is 16.1 Å². The summed E-state index contributed by atoms with van der Waals surface area (Å²) >= 11 is 22.0. The molecule has 0 saturated carbocycles. The molecule has 2 atom stereocenters. The van der Waals surface area contributed by atoms with Crippen molar-refractivity contribution < 1.29 is 14.3 Å². The molecular formula is C23H26BrCl3N2O3. The van der Waals surface area contributed by atoms with E-state index in [4.69, 9.17) is 39.5 Å². The molecule has 1 N–H and O–H groups in total. The van der Waals surface area contributed by atoms with E-state index in [-0.39, 0.29) is 31.0 Å². The predicted octanol–water partition coefficient (Wildman–Crippen LogP) is 6.51. The molecule has 5 nitrogen and oxygen atoms in total. The first-order valence-corrected chi connectivity index (χ1v) is 12.2. The second-order valence-corrected chi connectivity index (χ2v) is 9.43. The summed E-state index contributed by atoms with van der Waals surface area (Å²) in [5, 5.41) is 4.35. The molecule has 0 spiro atoms. The maximum atomic E-state index is 13.3. The van der Waals surface area contributed by atoms with Gasteiger partial charge in [-0.1, -0.05) is 54.7 Å². The number of amides is 2. The van der Waals surface area contributed by atoms with Crippen molar-refractivity contribution in [3.63, 3.8) is 0 Å². The highest BCUT2D eigenvalue weighted by Crippen LogP contribution is 2.29. The van der Waals surface area contributed by atoms with Crippen LogP contribution in [0.3, 0.4) is 0 Å². The third-order valence-corrected chi connectivity index (χ3v) is 6.59. The highest BCUT2D eigenvalue weighted by molar-refractivity contribution is 9.10. The first kappa shape index (κ1) is 26.8. The second kappa shape index (κ2) is 12.7. The molecule has 2 aromatic carbocycles. The smallest absolute Gasteiger partial charge is 0.261 e. The van der Waals surface area contributed by atoms with Crippen LogP contribution in [0.4, 0.5) is 0 Å². The summed E-state index contributed by atoms with van der Waals surface area (Å²) in [6.45, 7) is 5.56. The molecule has 32 heavy (non-hydrogen) atoms. The third-order valence-electron chi connectivity index (χ3n) is 5.02. The summed E-state index contributed by atoms with van der Waals surface area (Å²) < 4.78 is 6.34. The van der Waals surface area contributed by atoms with Crippen LogP contribution in [0.25, 0.3) is 0 Å². The van der Waals surface area contributed by atoms with E-state index in [1.54, 1.807) is 36.4 Å². The quantitative estimate of drug-likeness (QED) is 0.358. The molecule has 0 heterocycles. The normalized spacial score (nSPS) is 12.7. The number of nitrogens with one attached hydrogen (secondary N) is 1. The molecule has 0 unspecified atom stereocenters. The Hall–Kier alpha value is -1.47. The number of ether oxygens (including phenoxy) is 1. The van der Waals surface area contributed by atoms with Crippen LogP contribution in [0.5, 0.6) is 5.75 Å². The van der Waals surface area contributed by atoms with Crippen molar-refractivity contribution in [3.8, 4) is 5.75 Å². The number of nitrogens with zero attached hydrogens (tertiary/aromatic N) is 1. The summed E-state index contributed by atoms with van der Waals surface area (Å²) in [5.74, 6) is -0.129.